The summed E-state index contributed by atoms with van der Waals surface area (Å²) in [5, 5.41) is 17.7. The summed E-state index contributed by atoms with van der Waals surface area (Å²) in [5.41, 5.74) is -0.826. The highest BCUT2D eigenvalue weighted by Crippen LogP contribution is 2.28. The number of nitrogens with zero attached hydrogens (tertiary/aromatic N) is 2. The summed E-state index contributed by atoms with van der Waals surface area (Å²) in [6, 6.07) is 2.58. The average molecular weight is 230 g/mol. The molecule has 2 aromatic rings. The van der Waals surface area contributed by atoms with Gasteiger partial charge in [0.15, 0.2) is 5.69 Å². The molecule has 0 fully saturated rings. The average Bonchev–Trinajstić information content (AvgIpc) is 2.58. The lowest BCUT2D eigenvalue weighted by Gasteiger charge is -1.99. The van der Waals surface area contributed by atoms with E-state index in [-0.39, 0.29) is 11.1 Å². The molecule has 2 aromatic heterocycles. The number of pyridine rings is 1. The first-order valence-corrected chi connectivity index (χ1v) is 4.30. The van der Waals surface area contributed by atoms with Gasteiger partial charge in [-0.2, -0.15) is 13.2 Å². The van der Waals surface area contributed by atoms with E-state index < -0.39 is 19.0 Å². The van der Waals surface area contributed by atoms with Gasteiger partial charge in [0, 0.05) is 12.4 Å². The Morgan fingerprint density at radius 1 is 1.19 bits per heavy atom. The first kappa shape index (κ1) is 11.0. The molecule has 4 nitrogen and oxygen atoms in total. The number of halogens is 3. The standard InChI is InChI=1S/C8H6BF3N2O2/c10-8(11,12)6-4-14-3-5(9(15)16)1-2-7(14)13-6/h1-4,15-16H. The maximum absolute atomic E-state index is 12.3. The van der Waals surface area contributed by atoms with E-state index in [1.807, 2.05) is 0 Å². The molecule has 0 saturated heterocycles. The van der Waals surface area contributed by atoms with E-state index in [0.29, 0.717) is 0 Å². The second-order valence-electron chi connectivity index (χ2n) is 3.23. The first-order chi connectivity index (χ1) is 7.38. The fraction of sp³-hybridized carbons (Fsp3) is 0.125. The number of rotatable bonds is 1. The second-order valence-corrected chi connectivity index (χ2v) is 3.23. The van der Waals surface area contributed by atoms with Gasteiger partial charge in [-0.05, 0) is 11.5 Å². The molecule has 0 radical (unpaired) electrons. The van der Waals surface area contributed by atoms with Crippen LogP contribution in [0.25, 0.3) is 5.65 Å². The maximum atomic E-state index is 12.3. The van der Waals surface area contributed by atoms with Crippen molar-refractivity contribution >= 4 is 18.2 Å². The van der Waals surface area contributed by atoms with Crippen LogP contribution in [0.1, 0.15) is 5.69 Å². The van der Waals surface area contributed by atoms with Gasteiger partial charge in [-0.15, -0.1) is 0 Å². The molecular formula is C8H6BF3N2O2. The van der Waals surface area contributed by atoms with Crippen molar-refractivity contribution in [3.63, 3.8) is 0 Å². The minimum absolute atomic E-state index is 0.0942. The van der Waals surface area contributed by atoms with Crippen LogP contribution >= 0.6 is 0 Å². The van der Waals surface area contributed by atoms with Gasteiger partial charge < -0.3 is 14.4 Å². The van der Waals surface area contributed by atoms with Crippen LogP contribution in [0.4, 0.5) is 13.2 Å². The topological polar surface area (TPSA) is 57.8 Å². The summed E-state index contributed by atoms with van der Waals surface area (Å²) in [7, 11) is -1.72. The van der Waals surface area contributed by atoms with Crippen LogP contribution in [0.3, 0.4) is 0 Å². The highest BCUT2D eigenvalue weighted by atomic mass is 19.4. The van der Waals surface area contributed by atoms with Gasteiger partial charge in [0.05, 0.1) is 0 Å². The third-order valence-corrected chi connectivity index (χ3v) is 2.06. The molecule has 2 rings (SSSR count). The van der Waals surface area contributed by atoms with E-state index >= 15 is 0 Å². The molecule has 8 heteroatoms. The molecule has 0 aliphatic heterocycles. The van der Waals surface area contributed by atoms with Gasteiger partial charge >= 0.3 is 13.3 Å². The minimum atomic E-state index is -4.51. The van der Waals surface area contributed by atoms with E-state index in [9.17, 15) is 13.2 Å². The summed E-state index contributed by atoms with van der Waals surface area (Å²) in [6.07, 6.45) is -2.53. The summed E-state index contributed by atoms with van der Waals surface area (Å²) in [6.45, 7) is 0. The Morgan fingerprint density at radius 3 is 2.44 bits per heavy atom. The third-order valence-electron chi connectivity index (χ3n) is 2.06. The molecular weight excluding hydrogens is 224 g/mol. The Labute approximate surface area is 88.1 Å². The van der Waals surface area contributed by atoms with Gasteiger partial charge in [0.2, 0.25) is 0 Å². The lowest BCUT2D eigenvalue weighted by Crippen LogP contribution is -2.30. The Bertz CT molecular complexity index is 523. The van der Waals surface area contributed by atoms with Gasteiger partial charge in [-0.3, -0.25) is 0 Å². The van der Waals surface area contributed by atoms with Crippen LogP contribution in [0.5, 0.6) is 0 Å². The van der Waals surface area contributed by atoms with E-state index in [1.165, 1.54) is 18.3 Å². The summed E-state index contributed by atoms with van der Waals surface area (Å²) in [4.78, 5) is 3.36. The lowest BCUT2D eigenvalue weighted by molar-refractivity contribution is -0.140. The first-order valence-electron chi connectivity index (χ1n) is 4.30. The van der Waals surface area contributed by atoms with Crippen molar-refractivity contribution in [3.8, 4) is 0 Å². The molecule has 0 aliphatic rings. The maximum Gasteiger partial charge on any atom is 0.489 e. The molecule has 0 unspecified atom stereocenters. The Morgan fingerprint density at radius 2 is 1.88 bits per heavy atom. The van der Waals surface area contributed by atoms with Crippen LogP contribution in [-0.4, -0.2) is 26.6 Å². The zero-order chi connectivity index (χ0) is 11.9. The van der Waals surface area contributed by atoms with Crippen molar-refractivity contribution in [2.45, 2.75) is 6.18 Å². The molecule has 0 atom stereocenters. The molecule has 84 valence electrons. The Balaban J connectivity index is 2.54. The molecule has 0 saturated carbocycles. The Kier molecular flexibility index (Phi) is 2.40. The molecule has 2 heterocycles. The zero-order valence-electron chi connectivity index (χ0n) is 7.81. The van der Waals surface area contributed by atoms with Gasteiger partial charge in [-0.1, -0.05) is 6.07 Å². The zero-order valence-corrected chi connectivity index (χ0v) is 7.81. The molecule has 2 N–H and O–H groups in total. The van der Waals surface area contributed by atoms with E-state index in [1.54, 1.807) is 0 Å². The number of hydrogen-bond acceptors (Lipinski definition) is 3. The fourth-order valence-electron chi connectivity index (χ4n) is 1.30. The van der Waals surface area contributed by atoms with Gasteiger partial charge in [0.25, 0.3) is 0 Å². The van der Waals surface area contributed by atoms with Crippen molar-refractivity contribution in [3.05, 3.63) is 30.2 Å². The van der Waals surface area contributed by atoms with Crippen LogP contribution < -0.4 is 5.46 Å². The van der Waals surface area contributed by atoms with E-state index in [0.717, 1.165) is 10.6 Å². The summed E-state index contributed by atoms with van der Waals surface area (Å²) >= 11 is 0. The second kappa shape index (κ2) is 3.50. The van der Waals surface area contributed by atoms with Crippen LogP contribution in [0.2, 0.25) is 0 Å². The minimum Gasteiger partial charge on any atom is -0.423 e. The lowest BCUT2D eigenvalue weighted by atomic mass is 9.82. The Hall–Kier alpha value is -1.54. The molecule has 16 heavy (non-hydrogen) atoms. The van der Waals surface area contributed by atoms with Crippen LogP contribution in [0.15, 0.2) is 24.5 Å². The molecule has 0 spiro atoms. The quantitative estimate of drug-likeness (QED) is 0.679. The highest BCUT2D eigenvalue weighted by molar-refractivity contribution is 6.58. The molecule has 0 amide bonds. The normalized spacial score (nSPS) is 12.1. The SMILES string of the molecule is OB(O)c1ccc2nc(C(F)(F)F)cn2c1. The van der Waals surface area contributed by atoms with Crippen LogP contribution in [0, 0.1) is 0 Å². The highest BCUT2D eigenvalue weighted by Gasteiger charge is 2.33. The van der Waals surface area contributed by atoms with Crippen molar-refractivity contribution in [2.75, 3.05) is 0 Å². The fourth-order valence-corrected chi connectivity index (χ4v) is 1.30. The number of fused-ring (bicyclic) bond motifs is 1. The predicted octanol–water partition coefficient (Wildman–Crippen LogP) is 0.0329. The van der Waals surface area contributed by atoms with E-state index in [2.05, 4.69) is 4.98 Å². The summed E-state index contributed by atoms with van der Waals surface area (Å²) in [5.74, 6) is 0. The van der Waals surface area contributed by atoms with Crippen LogP contribution in [-0.2, 0) is 6.18 Å². The number of aromatic nitrogens is 2. The van der Waals surface area contributed by atoms with Gasteiger partial charge in [-0.25, -0.2) is 4.98 Å². The van der Waals surface area contributed by atoms with Crippen molar-refractivity contribution in [2.24, 2.45) is 0 Å². The van der Waals surface area contributed by atoms with Crippen molar-refractivity contribution < 1.29 is 23.2 Å². The number of alkyl halides is 3. The van der Waals surface area contributed by atoms with Gasteiger partial charge in [0.1, 0.15) is 5.65 Å². The monoisotopic (exact) mass is 230 g/mol. The molecule has 0 aromatic carbocycles. The van der Waals surface area contributed by atoms with Crippen molar-refractivity contribution in [1.29, 1.82) is 0 Å². The van der Waals surface area contributed by atoms with E-state index in [4.69, 9.17) is 10.0 Å². The predicted molar refractivity (Wildman–Crippen MR) is 50.0 cm³/mol. The third kappa shape index (κ3) is 1.89. The molecule has 0 aliphatic carbocycles. The molecule has 0 bridgehead atoms. The number of imidazole rings is 1. The largest absolute Gasteiger partial charge is 0.489 e. The van der Waals surface area contributed by atoms with Crippen molar-refractivity contribution in [1.82, 2.24) is 9.38 Å². The summed E-state index contributed by atoms with van der Waals surface area (Å²) < 4.78 is 38.0. The smallest absolute Gasteiger partial charge is 0.423 e. The number of hydrogen-bond donors (Lipinski definition) is 2.